The zero-order valence-corrected chi connectivity index (χ0v) is 35.9. The maximum atomic E-state index is 15.0. The molecule has 14 nitrogen and oxygen atoms in total. The molecule has 0 fully saturated rings. The number of fused-ring (bicyclic) bond motifs is 2. The molecule has 20 heteroatoms. The van der Waals surface area contributed by atoms with Crippen LogP contribution in [0.25, 0.3) is 38.9 Å². The number of hydrogen-bond acceptors (Lipinski definition) is 10. The molecule has 0 aliphatic rings. The highest BCUT2D eigenvalue weighted by molar-refractivity contribution is 7.92. The number of hydrogen-bond donors (Lipinski definition) is 2. The van der Waals surface area contributed by atoms with Crippen LogP contribution < -0.4 is 20.3 Å². The average molecular weight is 907 g/mol. The summed E-state index contributed by atoms with van der Waals surface area (Å²) in [6, 6.07) is 16.5. The number of benzene rings is 4. The third-order valence-electron chi connectivity index (χ3n) is 9.65. The van der Waals surface area contributed by atoms with Crippen LogP contribution in [0, 0.1) is 11.6 Å². The van der Waals surface area contributed by atoms with E-state index in [4.69, 9.17) is 26.1 Å². The molecule has 3 aromatic heterocycles. The monoisotopic (exact) mass is 906 g/mol. The SMILES string of the molecule is COc1ccc(CCS(=O)(=O)Nc2nn(C)c3c(-n4c([C@H](Cc5cc(F)cc(F)c5)NC(=O)OC(C)(C)C)nc5cc(-c6nccc(C(F)F)n6)ccc5c4=O)ccc(Cl)c23)cc1. The molecule has 1 atom stereocenters. The van der Waals surface area contributed by atoms with E-state index in [9.17, 15) is 30.8 Å². The molecule has 0 spiro atoms. The van der Waals surface area contributed by atoms with Crippen molar-refractivity contribution in [2.24, 2.45) is 7.05 Å². The van der Waals surface area contributed by atoms with Crippen molar-refractivity contribution in [3.8, 4) is 22.8 Å². The van der Waals surface area contributed by atoms with Gasteiger partial charge in [0.25, 0.3) is 12.0 Å². The van der Waals surface area contributed by atoms with Crippen LogP contribution in [-0.2, 0) is 34.6 Å². The lowest BCUT2D eigenvalue weighted by Gasteiger charge is -2.26. The van der Waals surface area contributed by atoms with E-state index in [1.165, 1.54) is 55.4 Å². The van der Waals surface area contributed by atoms with E-state index in [1.807, 2.05) is 0 Å². The molecule has 0 bridgehead atoms. The zero-order chi connectivity index (χ0) is 45.4. The molecule has 2 N–H and O–H groups in total. The Hall–Kier alpha value is -6.60. The maximum absolute atomic E-state index is 15.0. The predicted octanol–water partition coefficient (Wildman–Crippen LogP) is 8.40. The Morgan fingerprint density at radius 1 is 0.937 bits per heavy atom. The van der Waals surface area contributed by atoms with Gasteiger partial charge in [-0.05, 0) is 92.9 Å². The summed E-state index contributed by atoms with van der Waals surface area (Å²) in [6.07, 6.45) is -2.89. The van der Waals surface area contributed by atoms with Crippen LogP contribution in [0.2, 0.25) is 5.02 Å². The van der Waals surface area contributed by atoms with Crippen molar-refractivity contribution in [3.05, 3.63) is 135 Å². The lowest BCUT2D eigenvalue weighted by atomic mass is 10.0. The Morgan fingerprint density at radius 3 is 2.32 bits per heavy atom. The molecule has 0 saturated carbocycles. The van der Waals surface area contributed by atoms with Gasteiger partial charge < -0.3 is 14.8 Å². The number of ether oxygens (including phenoxy) is 2. The van der Waals surface area contributed by atoms with Crippen LogP contribution in [0.3, 0.4) is 0 Å². The second-order valence-corrected chi connectivity index (χ2v) is 17.7. The van der Waals surface area contributed by atoms with Crippen LogP contribution in [-0.4, -0.2) is 62.3 Å². The molecule has 0 radical (unpaired) electrons. The third kappa shape index (κ3) is 10.0. The molecule has 7 aromatic rings. The van der Waals surface area contributed by atoms with Crippen molar-refractivity contribution in [1.29, 1.82) is 0 Å². The van der Waals surface area contributed by atoms with Gasteiger partial charge in [0, 0.05) is 31.3 Å². The fourth-order valence-electron chi connectivity index (χ4n) is 6.92. The van der Waals surface area contributed by atoms with E-state index in [0.717, 1.165) is 28.3 Å². The largest absolute Gasteiger partial charge is 0.497 e. The number of anilines is 1. The number of alkyl carbamates (subject to hydrolysis) is 1. The van der Waals surface area contributed by atoms with E-state index in [0.29, 0.717) is 11.8 Å². The second-order valence-electron chi connectivity index (χ2n) is 15.4. The van der Waals surface area contributed by atoms with Crippen LogP contribution >= 0.6 is 11.6 Å². The molecule has 63 heavy (non-hydrogen) atoms. The molecule has 0 unspecified atom stereocenters. The van der Waals surface area contributed by atoms with E-state index < -0.39 is 57.1 Å². The highest BCUT2D eigenvalue weighted by Crippen LogP contribution is 2.36. The van der Waals surface area contributed by atoms with Gasteiger partial charge in [-0.15, -0.1) is 0 Å². The predicted molar refractivity (Wildman–Crippen MR) is 229 cm³/mol. The molecular weight excluding hydrogens is 868 g/mol. The van der Waals surface area contributed by atoms with E-state index >= 15 is 4.79 Å². The molecule has 4 aromatic carbocycles. The number of nitrogens with zero attached hydrogens (tertiary/aromatic N) is 6. The highest BCUT2D eigenvalue weighted by Gasteiger charge is 2.29. The van der Waals surface area contributed by atoms with Crippen LogP contribution in [0.4, 0.5) is 28.2 Å². The number of aromatic nitrogens is 6. The molecule has 0 aliphatic heterocycles. The average Bonchev–Trinajstić information content (AvgIpc) is 3.54. The van der Waals surface area contributed by atoms with Gasteiger partial charge in [-0.25, -0.2) is 45.7 Å². The fourth-order valence-corrected chi connectivity index (χ4v) is 8.20. The van der Waals surface area contributed by atoms with Crippen LogP contribution in [0.5, 0.6) is 5.75 Å². The van der Waals surface area contributed by atoms with Gasteiger partial charge in [0.2, 0.25) is 10.0 Å². The van der Waals surface area contributed by atoms with Gasteiger partial charge in [0.1, 0.15) is 34.5 Å². The number of aryl methyl sites for hydroxylation is 2. The molecule has 328 valence electrons. The molecule has 1 amide bonds. The number of sulfonamides is 1. The first kappa shape index (κ1) is 44.5. The lowest BCUT2D eigenvalue weighted by molar-refractivity contribution is 0.0500. The second kappa shape index (κ2) is 17.6. The standard InChI is InChI=1S/C43H39ClF4N8O6S/c1-43(2,3)62-42(58)52-33(20-24-18-26(45)22-27(46)19-24)40-51-32-21-25(38-49-16-14-31(50-38)37(47)48)8-11-29(32)41(57)56(40)34-13-12-30(44)35-36(34)55(4)53-39(35)54-63(59,60)17-15-23-6-9-28(61-5)10-7-23/h6-14,16,18-19,21-22,33,37H,15,17,20H2,1-5H3,(H,52,58)(H,53,54)/t33-/m0/s1. The minimum atomic E-state index is -4.06. The molecule has 3 heterocycles. The summed E-state index contributed by atoms with van der Waals surface area (Å²) >= 11 is 6.77. The van der Waals surface area contributed by atoms with Crippen molar-refractivity contribution in [2.75, 3.05) is 17.6 Å². The number of methoxy groups -OCH3 is 1. The smallest absolute Gasteiger partial charge is 0.408 e. The fraction of sp³-hybridized carbons (Fsp3) is 0.256. The van der Waals surface area contributed by atoms with Gasteiger partial charge in [0.15, 0.2) is 11.6 Å². The van der Waals surface area contributed by atoms with Crippen molar-refractivity contribution in [1.82, 2.24) is 34.6 Å². The van der Waals surface area contributed by atoms with Crippen LogP contribution in [0.15, 0.2) is 89.9 Å². The summed E-state index contributed by atoms with van der Waals surface area (Å²) in [4.78, 5) is 41.5. The number of nitrogens with one attached hydrogen (secondary N) is 2. The van der Waals surface area contributed by atoms with Crippen LogP contribution in [0.1, 0.15) is 55.9 Å². The summed E-state index contributed by atoms with van der Waals surface area (Å²) in [7, 11) is -1.03. The van der Waals surface area contributed by atoms with Gasteiger partial charge in [0.05, 0.1) is 51.4 Å². The number of carbonyl (C=O) groups is 1. The molecule has 0 aliphatic carbocycles. The topological polar surface area (TPSA) is 172 Å². The summed E-state index contributed by atoms with van der Waals surface area (Å²) in [5.41, 5.74) is -1.01. The number of rotatable bonds is 13. The first-order valence-electron chi connectivity index (χ1n) is 19.2. The van der Waals surface area contributed by atoms with Gasteiger partial charge in [-0.3, -0.25) is 18.8 Å². The Balaban J connectivity index is 1.42. The van der Waals surface area contributed by atoms with Crippen molar-refractivity contribution < 1.29 is 40.2 Å². The summed E-state index contributed by atoms with van der Waals surface area (Å²) in [5.74, 6) is -1.95. The Bertz CT molecular complexity index is 3030. The molecule has 7 rings (SSSR count). The number of alkyl halides is 2. The summed E-state index contributed by atoms with van der Waals surface area (Å²) < 4.78 is 99.3. The highest BCUT2D eigenvalue weighted by atomic mass is 35.5. The summed E-state index contributed by atoms with van der Waals surface area (Å²) in [5, 5.41) is 7.34. The maximum Gasteiger partial charge on any atom is 0.408 e. The van der Waals surface area contributed by atoms with Gasteiger partial charge in [-0.2, -0.15) is 5.10 Å². The quantitative estimate of drug-likeness (QED) is 0.107. The number of carbonyl (C=O) groups excluding carboxylic acids is 1. The van der Waals surface area contributed by atoms with Gasteiger partial charge >= 0.3 is 6.09 Å². The van der Waals surface area contributed by atoms with Crippen molar-refractivity contribution in [3.63, 3.8) is 0 Å². The zero-order valence-electron chi connectivity index (χ0n) is 34.3. The Kier molecular flexibility index (Phi) is 12.4. The molecular formula is C43H39ClF4N8O6S. The van der Waals surface area contributed by atoms with Crippen molar-refractivity contribution in [2.45, 2.75) is 51.7 Å². The Labute approximate surface area is 362 Å². The normalized spacial score (nSPS) is 12.5. The van der Waals surface area contributed by atoms with Gasteiger partial charge in [-0.1, -0.05) is 29.8 Å². The number of amides is 1. The first-order valence-corrected chi connectivity index (χ1v) is 21.2. The third-order valence-corrected chi connectivity index (χ3v) is 11.2. The lowest BCUT2D eigenvalue weighted by Crippen LogP contribution is -2.39. The van der Waals surface area contributed by atoms with Crippen molar-refractivity contribution >= 4 is 55.3 Å². The first-order chi connectivity index (χ1) is 29.8. The van der Waals surface area contributed by atoms with E-state index in [2.05, 4.69) is 25.1 Å². The summed E-state index contributed by atoms with van der Waals surface area (Å²) in [6.45, 7) is 4.87. The minimum Gasteiger partial charge on any atom is -0.497 e. The Morgan fingerprint density at radius 2 is 1.65 bits per heavy atom. The number of halogens is 5. The molecule has 0 saturated heterocycles. The van der Waals surface area contributed by atoms with E-state index in [1.54, 1.807) is 45.0 Å². The van der Waals surface area contributed by atoms with E-state index in [-0.39, 0.29) is 79.7 Å². The minimum absolute atomic E-state index is 0.00468.